The molecule has 1 aromatic heterocycles. The molecule has 25 heavy (non-hydrogen) atoms. The third-order valence-corrected chi connectivity index (χ3v) is 3.82. The summed E-state index contributed by atoms with van der Waals surface area (Å²) >= 11 is 0. The number of nitrogens with one attached hydrogen (secondary N) is 1. The number of nitrogens with zero attached hydrogens (tertiary/aromatic N) is 2. The highest BCUT2D eigenvalue weighted by molar-refractivity contribution is 5.81. The monoisotopic (exact) mass is 341 g/mol. The van der Waals surface area contributed by atoms with Gasteiger partial charge in [0.15, 0.2) is 0 Å². The first kappa shape index (κ1) is 18.6. The number of pyridine rings is 1. The lowest BCUT2D eigenvalue weighted by atomic mass is 10.0. The van der Waals surface area contributed by atoms with Gasteiger partial charge in [0, 0.05) is 26.2 Å². The number of amides is 1. The largest absolute Gasteiger partial charge is 0.468 e. The van der Waals surface area contributed by atoms with E-state index in [1.54, 1.807) is 13.2 Å². The summed E-state index contributed by atoms with van der Waals surface area (Å²) in [6.07, 6.45) is 2.03. The van der Waals surface area contributed by atoms with Crippen molar-refractivity contribution < 1.29 is 14.3 Å². The maximum atomic E-state index is 12.1. The average molecular weight is 341 g/mol. The van der Waals surface area contributed by atoms with Crippen LogP contribution in [-0.2, 0) is 14.3 Å². The number of carbonyl (C=O) groups excluding carboxylic acids is 2. The van der Waals surface area contributed by atoms with E-state index in [4.69, 9.17) is 0 Å². The summed E-state index contributed by atoms with van der Waals surface area (Å²) in [6.45, 7) is 0.429. The summed E-state index contributed by atoms with van der Waals surface area (Å²) in [5.74, 6) is -0.551. The lowest BCUT2D eigenvalue weighted by Crippen LogP contribution is -2.35. The smallest absolute Gasteiger partial charge is 0.325 e. The van der Waals surface area contributed by atoms with Crippen molar-refractivity contribution in [1.82, 2.24) is 15.2 Å². The number of rotatable bonds is 8. The van der Waals surface area contributed by atoms with Crippen molar-refractivity contribution in [2.45, 2.75) is 12.5 Å². The Hall–Kier alpha value is -2.73. The van der Waals surface area contributed by atoms with Gasteiger partial charge in [-0.25, -0.2) is 0 Å². The highest BCUT2D eigenvalue weighted by atomic mass is 16.5. The van der Waals surface area contributed by atoms with Gasteiger partial charge in [-0.15, -0.1) is 0 Å². The van der Waals surface area contributed by atoms with Crippen LogP contribution in [0.4, 0.5) is 0 Å². The van der Waals surface area contributed by atoms with Crippen LogP contribution in [0.25, 0.3) is 0 Å². The van der Waals surface area contributed by atoms with Crippen LogP contribution in [0.5, 0.6) is 0 Å². The van der Waals surface area contributed by atoms with Gasteiger partial charge in [0.2, 0.25) is 5.91 Å². The normalized spacial score (nSPS) is 11.6. The molecule has 0 bridgehead atoms. The van der Waals surface area contributed by atoms with E-state index in [0.717, 1.165) is 11.3 Å². The van der Waals surface area contributed by atoms with Crippen LogP contribution in [-0.4, -0.2) is 49.0 Å². The third-order valence-electron chi connectivity index (χ3n) is 3.82. The van der Waals surface area contributed by atoms with Gasteiger partial charge < -0.3 is 15.0 Å². The summed E-state index contributed by atoms with van der Waals surface area (Å²) in [4.78, 5) is 29.1. The Balaban J connectivity index is 1.97. The Morgan fingerprint density at radius 3 is 2.52 bits per heavy atom. The standard InChI is InChI=1S/C19H23N3O3/c1-22(14-18(24)25-2)17(23)11-13-21-19(15-8-4-3-5-9-15)16-10-6-7-12-20-16/h3-10,12,19,21H,11,13-14H2,1-2H3/t19-/m0/s1. The number of ether oxygens (including phenoxy) is 1. The second-order valence-electron chi connectivity index (χ2n) is 5.63. The highest BCUT2D eigenvalue weighted by Crippen LogP contribution is 2.19. The SMILES string of the molecule is COC(=O)CN(C)C(=O)CCN[C@@H](c1ccccc1)c1ccccn1. The molecule has 0 unspecified atom stereocenters. The molecule has 0 fully saturated rings. The van der Waals surface area contributed by atoms with Gasteiger partial charge in [-0.2, -0.15) is 0 Å². The molecule has 0 aliphatic carbocycles. The molecule has 1 atom stereocenters. The van der Waals surface area contributed by atoms with Crippen molar-refractivity contribution in [2.75, 3.05) is 27.2 Å². The lowest BCUT2D eigenvalue weighted by molar-refractivity contribution is -0.146. The predicted molar refractivity (Wildman–Crippen MR) is 94.8 cm³/mol. The zero-order valence-electron chi connectivity index (χ0n) is 14.5. The highest BCUT2D eigenvalue weighted by Gasteiger charge is 2.17. The number of likely N-dealkylation sites (N-methyl/N-ethyl adjacent to an activating group) is 1. The third kappa shape index (κ3) is 5.69. The fraction of sp³-hybridized carbons (Fsp3) is 0.316. The minimum absolute atomic E-state index is 0.0440. The minimum atomic E-state index is -0.431. The maximum absolute atomic E-state index is 12.1. The number of esters is 1. The first-order chi connectivity index (χ1) is 12.1. The average Bonchev–Trinajstić information content (AvgIpc) is 2.66. The van der Waals surface area contributed by atoms with E-state index < -0.39 is 5.97 Å². The van der Waals surface area contributed by atoms with E-state index in [1.165, 1.54) is 12.0 Å². The van der Waals surface area contributed by atoms with Gasteiger partial charge in [-0.3, -0.25) is 14.6 Å². The molecule has 1 heterocycles. The summed E-state index contributed by atoms with van der Waals surface area (Å²) < 4.78 is 4.57. The number of benzene rings is 1. The van der Waals surface area contributed by atoms with Crippen molar-refractivity contribution in [3.63, 3.8) is 0 Å². The Morgan fingerprint density at radius 1 is 1.16 bits per heavy atom. The van der Waals surface area contributed by atoms with Crippen LogP contribution >= 0.6 is 0 Å². The van der Waals surface area contributed by atoms with Gasteiger partial charge in [0.05, 0.1) is 18.8 Å². The van der Waals surface area contributed by atoms with Crippen molar-refractivity contribution in [1.29, 1.82) is 0 Å². The van der Waals surface area contributed by atoms with Gasteiger partial charge in [0.25, 0.3) is 0 Å². The van der Waals surface area contributed by atoms with E-state index in [2.05, 4.69) is 15.0 Å². The molecular weight excluding hydrogens is 318 g/mol. The molecule has 1 aromatic carbocycles. The number of carbonyl (C=O) groups is 2. The molecule has 6 nitrogen and oxygen atoms in total. The van der Waals surface area contributed by atoms with E-state index in [-0.39, 0.29) is 24.9 Å². The molecule has 132 valence electrons. The first-order valence-corrected chi connectivity index (χ1v) is 8.12. The summed E-state index contributed by atoms with van der Waals surface area (Å²) in [6, 6.07) is 15.6. The molecule has 2 rings (SSSR count). The molecule has 1 N–H and O–H groups in total. The minimum Gasteiger partial charge on any atom is -0.468 e. The molecule has 0 aliphatic rings. The molecule has 0 aliphatic heterocycles. The molecule has 0 radical (unpaired) electrons. The molecule has 2 aromatic rings. The fourth-order valence-electron chi connectivity index (χ4n) is 2.45. The van der Waals surface area contributed by atoms with E-state index >= 15 is 0 Å². The Bertz CT molecular complexity index is 637. The van der Waals surface area contributed by atoms with E-state index in [9.17, 15) is 9.59 Å². The number of methoxy groups -OCH3 is 1. The van der Waals surface area contributed by atoms with Crippen LogP contribution < -0.4 is 5.32 Å². The van der Waals surface area contributed by atoms with Gasteiger partial charge in [-0.05, 0) is 17.7 Å². The van der Waals surface area contributed by atoms with Gasteiger partial charge in [0.1, 0.15) is 6.54 Å². The van der Waals surface area contributed by atoms with Crippen molar-refractivity contribution in [3.8, 4) is 0 Å². The molecule has 0 saturated heterocycles. The topological polar surface area (TPSA) is 71.5 Å². The van der Waals surface area contributed by atoms with E-state index in [1.807, 2.05) is 48.5 Å². The van der Waals surface area contributed by atoms with Gasteiger partial charge >= 0.3 is 5.97 Å². The quantitative estimate of drug-likeness (QED) is 0.741. The second kappa shape index (κ2) is 9.54. The number of hydrogen-bond acceptors (Lipinski definition) is 5. The molecule has 6 heteroatoms. The van der Waals surface area contributed by atoms with Crippen molar-refractivity contribution >= 4 is 11.9 Å². The van der Waals surface area contributed by atoms with Crippen LogP contribution in [0, 0.1) is 0 Å². The molecule has 0 spiro atoms. The van der Waals surface area contributed by atoms with Crippen LogP contribution in [0.2, 0.25) is 0 Å². The zero-order chi connectivity index (χ0) is 18.1. The van der Waals surface area contributed by atoms with Gasteiger partial charge in [-0.1, -0.05) is 36.4 Å². The molecule has 1 amide bonds. The Labute approximate surface area is 147 Å². The Kier molecular flexibility index (Phi) is 7.10. The molecular formula is C19H23N3O3. The fourth-order valence-corrected chi connectivity index (χ4v) is 2.45. The first-order valence-electron chi connectivity index (χ1n) is 8.12. The summed E-state index contributed by atoms with van der Waals surface area (Å²) in [5.41, 5.74) is 1.97. The molecule has 0 saturated carbocycles. The van der Waals surface area contributed by atoms with Crippen molar-refractivity contribution in [3.05, 3.63) is 66.0 Å². The van der Waals surface area contributed by atoms with E-state index in [0.29, 0.717) is 6.54 Å². The Morgan fingerprint density at radius 2 is 1.88 bits per heavy atom. The number of aromatic nitrogens is 1. The van der Waals surface area contributed by atoms with Crippen LogP contribution in [0.1, 0.15) is 23.7 Å². The number of hydrogen-bond donors (Lipinski definition) is 1. The summed E-state index contributed by atoms with van der Waals surface area (Å²) in [5, 5.41) is 3.38. The zero-order valence-corrected chi connectivity index (χ0v) is 14.5. The predicted octanol–water partition coefficient (Wildman–Crippen LogP) is 1.78. The second-order valence-corrected chi connectivity index (χ2v) is 5.63. The van der Waals surface area contributed by atoms with Crippen molar-refractivity contribution in [2.24, 2.45) is 0 Å². The van der Waals surface area contributed by atoms with Crippen LogP contribution in [0.15, 0.2) is 54.7 Å². The summed E-state index contributed by atoms with van der Waals surface area (Å²) in [7, 11) is 2.90. The van der Waals surface area contributed by atoms with Crippen LogP contribution in [0.3, 0.4) is 0 Å². The maximum Gasteiger partial charge on any atom is 0.325 e. The lowest BCUT2D eigenvalue weighted by Gasteiger charge is -2.20.